The van der Waals surface area contributed by atoms with Gasteiger partial charge in [0, 0.05) is 11.5 Å². The summed E-state index contributed by atoms with van der Waals surface area (Å²) in [6.07, 6.45) is -0.367. The van der Waals surface area contributed by atoms with Crippen molar-refractivity contribution < 1.29 is 14.6 Å². The smallest absolute Gasteiger partial charge is 0.228 e. The van der Waals surface area contributed by atoms with Crippen LogP contribution >= 0.6 is 0 Å². The van der Waals surface area contributed by atoms with Gasteiger partial charge in [0.15, 0.2) is 6.23 Å². The van der Waals surface area contributed by atoms with E-state index in [2.05, 4.69) is 0 Å². The first-order valence-corrected chi connectivity index (χ1v) is 6.72. The first-order valence-electron chi connectivity index (χ1n) is 6.72. The fraction of sp³-hybridized carbons (Fsp3) is 0.533. The molecule has 0 saturated carbocycles. The van der Waals surface area contributed by atoms with Gasteiger partial charge in [-0.1, -0.05) is 44.2 Å². The summed E-state index contributed by atoms with van der Waals surface area (Å²) in [7, 11) is 0. The average Bonchev–Trinajstić information content (AvgIpc) is 2.93. The molecule has 2 fully saturated rings. The van der Waals surface area contributed by atoms with Gasteiger partial charge in [0.1, 0.15) is 0 Å². The van der Waals surface area contributed by atoms with Crippen LogP contribution in [0.15, 0.2) is 30.3 Å². The Labute approximate surface area is 113 Å². The summed E-state index contributed by atoms with van der Waals surface area (Å²) in [6, 6.07) is 9.73. The molecule has 0 aromatic heterocycles. The van der Waals surface area contributed by atoms with Crippen molar-refractivity contribution in [3.63, 3.8) is 0 Å². The Kier molecular flexibility index (Phi) is 2.87. The van der Waals surface area contributed by atoms with Crippen molar-refractivity contribution in [2.75, 3.05) is 13.2 Å². The van der Waals surface area contributed by atoms with Crippen molar-refractivity contribution in [2.45, 2.75) is 25.6 Å². The lowest BCUT2D eigenvalue weighted by Gasteiger charge is -2.33. The second kappa shape index (κ2) is 4.32. The number of aliphatic hydroxyl groups is 1. The molecule has 4 atom stereocenters. The van der Waals surface area contributed by atoms with E-state index in [9.17, 15) is 9.90 Å². The van der Waals surface area contributed by atoms with Crippen LogP contribution in [0.5, 0.6) is 0 Å². The molecule has 2 saturated heterocycles. The molecule has 4 nitrogen and oxygen atoms in total. The number of nitrogens with zero attached hydrogens (tertiary/aromatic N) is 1. The minimum atomic E-state index is -0.559. The van der Waals surface area contributed by atoms with Gasteiger partial charge in [-0.15, -0.1) is 0 Å². The fourth-order valence-electron chi connectivity index (χ4n) is 3.31. The van der Waals surface area contributed by atoms with Crippen molar-refractivity contribution in [1.82, 2.24) is 4.90 Å². The maximum absolute atomic E-state index is 12.5. The Morgan fingerprint density at radius 1 is 1.37 bits per heavy atom. The predicted molar refractivity (Wildman–Crippen MR) is 70.1 cm³/mol. The van der Waals surface area contributed by atoms with Crippen LogP contribution < -0.4 is 0 Å². The average molecular weight is 261 g/mol. The third-order valence-electron chi connectivity index (χ3n) is 4.79. The maximum atomic E-state index is 12.5. The van der Waals surface area contributed by atoms with Gasteiger partial charge >= 0.3 is 0 Å². The summed E-state index contributed by atoms with van der Waals surface area (Å²) < 4.78 is 5.83. The van der Waals surface area contributed by atoms with E-state index in [1.54, 1.807) is 4.90 Å². The fourth-order valence-corrected chi connectivity index (χ4v) is 3.31. The van der Waals surface area contributed by atoms with Gasteiger partial charge in [-0.05, 0) is 5.92 Å². The molecule has 2 heterocycles. The maximum Gasteiger partial charge on any atom is 0.228 e. The Morgan fingerprint density at radius 3 is 2.68 bits per heavy atom. The van der Waals surface area contributed by atoms with Gasteiger partial charge in [-0.25, -0.2) is 0 Å². The molecule has 3 rings (SSSR count). The van der Waals surface area contributed by atoms with Gasteiger partial charge in [0.05, 0.1) is 18.8 Å². The largest absolute Gasteiger partial charge is 0.394 e. The first-order chi connectivity index (χ1) is 9.12. The molecule has 4 heteroatoms. The van der Waals surface area contributed by atoms with Gasteiger partial charge in [0.2, 0.25) is 5.91 Å². The number of carbonyl (C=O) groups excluding carboxylic acids is 1. The lowest BCUT2D eigenvalue weighted by molar-refractivity contribution is -0.139. The highest BCUT2D eigenvalue weighted by molar-refractivity contribution is 5.83. The number of rotatable bonds is 2. The van der Waals surface area contributed by atoms with Crippen LogP contribution in [0.2, 0.25) is 0 Å². The van der Waals surface area contributed by atoms with E-state index in [4.69, 9.17) is 4.74 Å². The Bertz CT molecular complexity index is 489. The predicted octanol–water partition coefficient (Wildman–Crippen LogP) is 1.56. The van der Waals surface area contributed by atoms with Gasteiger partial charge in [-0.3, -0.25) is 4.79 Å². The van der Waals surface area contributed by atoms with E-state index in [-0.39, 0.29) is 30.6 Å². The molecular formula is C15H19NO3. The van der Waals surface area contributed by atoms with Crippen LogP contribution in [0.1, 0.15) is 25.6 Å². The van der Waals surface area contributed by atoms with Gasteiger partial charge in [-0.2, -0.15) is 0 Å². The van der Waals surface area contributed by atoms with E-state index < -0.39 is 5.54 Å². The van der Waals surface area contributed by atoms with Crippen molar-refractivity contribution in [2.24, 2.45) is 11.8 Å². The van der Waals surface area contributed by atoms with Crippen LogP contribution in [0.3, 0.4) is 0 Å². The molecule has 3 unspecified atom stereocenters. The van der Waals surface area contributed by atoms with Gasteiger partial charge < -0.3 is 14.7 Å². The highest BCUT2D eigenvalue weighted by atomic mass is 16.5. The molecule has 2 aliphatic heterocycles. The summed E-state index contributed by atoms with van der Waals surface area (Å²) in [4.78, 5) is 14.2. The normalized spacial score (nSPS) is 37.7. The van der Waals surface area contributed by atoms with Crippen LogP contribution in [0, 0.1) is 11.8 Å². The number of benzene rings is 1. The number of ether oxygens (including phenoxy) is 1. The first kappa shape index (κ1) is 12.6. The number of carbonyl (C=O) groups is 1. The van der Waals surface area contributed by atoms with Crippen molar-refractivity contribution in [1.29, 1.82) is 0 Å². The molecule has 1 aromatic carbocycles. The molecule has 1 amide bonds. The molecule has 2 aliphatic rings. The number of aliphatic hydroxyl groups excluding tert-OH is 1. The standard InChI is InChI=1S/C15H19NO3/c1-10-11(2)15(8-17)9-19-14(16(15)13(10)18)12-6-4-3-5-7-12/h3-7,10-11,14,17H,8-9H2,1-2H3/t10?,11?,14?,15-/m0/s1. The van der Waals surface area contributed by atoms with Crippen molar-refractivity contribution in [3.05, 3.63) is 35.9 Å². The highest BCUT2D eigenvalue weighted by Gasteiger charge is 2.61. The highest BCUT2D eigenvalue weighted by Crippen LogP contribution is 2.49. The summed E-state index contributed by atoms with van der Waals surface area (Å²) in [5.74, 6) is 0.105. The quantitative estimate of drug-likeness (QED) is 0.879. The zero-order chi connectivity index (χ0) is 13.6. The molecule has 1 aromatic rings. The second-order valence-electron chi connectivity index (χ2n) is 5.62. The van der Waals surface area contributed by atoms with Crippen LogP contribution in [-0.2, 0) is 9.53 Å². The molecule has 0 spiro atoms. The van der Waals surface area contributed by atoms with Crippen LogP contribution in [0.25, 0.3) is 0 Å². The number of hydrogen-bond acceptors (Lipinski definition) is 3. The minimum absolute atomic E-state index is 0.0480. The second-order valence-corrected chi connectivity index (χ2v) is 5.62. The molecular weight excluding hydrogens is 242 g/mol. The molecule has 0 radical (unpaired) electrons. The zero-order valence-corrected chi connectivity index (χ0v) is 11.2. The Morgan fingerprint density at radius 2 is 2.05 bits per heavy atom. The third kappa shape index (κ3) is 1.56. The molecule has 102 valence electrons. The zero-order valence-electron chi connectivity index (χ0n) is 11.2. The number of hydrogen-bond donors (Lipinski definition) is 1. The van der Waals surface area contributed by atoms with Gasteiger partial charge in [0.25, 0.3) is 0 Å². The topological polar surface area (TPSA) is 49.8 Å². The SMILES string of the molecule is CC1C(=O)N2C(c3ccccc3)OC[C@@]2(CO)C1C. The van der Waals surface area contributed by atoms with E-state index in [0.717, 1.165) is 5.56 Å². The molecule has 19 heavy (non-hydrogen) atoms. The number of fused-ring (bicyclic) bond motifs is 1. The summed E-state index contributed by atoms with van der Waals surface area (Å²) in [5, 5.41) is 9.82. The summed E-state index contributed by atoms with van der Waals surface area (Å²) >= 11 is 0. The van der Waals surface area contributed by atoms with Crippen LogP contribution in [-0.4, -0.2) is 34.7 Å². The lowest BCUT2D eigenvalue weighted by Crippen LogP contribution is -2.49. The Hall–Kier alpha value is -1.39. The van der Waals surface area contributed by atoms with E-state index >= 15 is 0 Å². The molecule has 1 N–H and O–H groups in total. The van der Waals surface area contributed by atoms with E-state index in [1.165, 1.54) is 0 Å². The van der Waals surface area contributed by atoms with Crippen molar-refractivity contribution in [3.8, 4) is 0 Å². The molecule has 0 bridgehead atoms. The number of amides is 1. The lowest BCUT2D eigenvalue weighted by atomic mass is 9.83. The van der Waals surface area contributed by atoms with Crippen molar-refractivity contribution >= 4 is 5.91 Å². The molecule has 0 aliphatic carbocycles. The summed E-state index contributed by atoms with van der Waals surface area (Å²) in [5.41, 5.74) is 0.407. The monoisotopic (exact) mass is 261 g/mol. The summed E-state index contributed by atoms with van der Waals surface area (Å²) in [6.45, 7) is 4.31. The van der Waals surface area contributed by atoms with Crippen LogP contribution in [0.4, 0.5) is 0 Å². The van der Waals surface area contributed by atoms with E-state index in [1.807, 2.05) is 44.2 Å². The minimum Gasteiger partial charge on any atom is -0.394 e. The third-order valence-corrected chi connectivity index (χ3v) is 4.79. The Balaban J connectivity index is 2.02. The van der Waals surface area contributed by atoms with E-state index in [0.29, 0.717) is 6.61 Å².